The molecular weight excluding hydrogens is 248 g/mol. The second-order valence-electron chi connectivity index (χ2n) is 7.80. The molecule has 0 saturated carbocycles. The van der Waals surface area contributed by atoms with Gasteiger partial charge in [0.05, 0.1) is 6.10 Å². The summed E-state index contributed by atoms with van der Waals surface area (Å²) in [5, 5.41) is 19.7. The predicted molar refractivity (Wildman–Crippen MR) is 85.2 cm³/mol. The van der Waals surface area contributed by atoms with Crippen molar-refractivity contribution >= 4 is 0 Å². The van der Waals surface area contributed by atoms with Gasteiger partial charge < -0.3 is 10.2 Å². The highest BCUT2D eigenvalue weighted by atomic mass is 16.3. The van der Waals surface area contributed by atoms with Gasteiger partial charge in [-0.25, -0.2) is 0 Å². The first-order valence-corrected chi connectivity index (χ1v) is 7.43. The number of aryl methyl sites for hydroxylation is 1. The van der Waals surface area contributed by atoms with Crippen LogP contribution in [0.15, 0.2) is 12.1 Å². The summed E-state index contributed by atoms with van der Waals surface area (Å²) in [6.45, 7) is 15.1. The normalized spacial score (nSPS) is 14.4. The van der Waals surface area contributed by atoms with Crippen LogP contribution < -0.4 is 0 Å². The van der Waals surface area contributed by atoms with Gasteiger partial charge in [0.1, 0.15) is 0 Å². The highest BCUT2D eigenvalue weighted by Gasteiger charge is 2.29. The van der Waals surface area contributed by atoms with E-state index in [0.717, 1.165) is 5.56 Å². The Morgan fingerprint density at radius 3 is 1.65 bits per heavy atom. The van der Waals surface area contributed by atoms with Crippen molar-refractivity contribution in [3.05, 3.63) is 34.4 Å². The van der Waals surface area contributed by atoms with Crippen LogP contribution in [0.5, 0.6) is 0 Å². The second kappa shape index (κ2) is 5.87. The molecule has 2 heteroatoms. The molecule has 0 aliphatic heterocycles. The van der Waals surface area contributed by atoms with Crippen molar-refractivity contribution in [1.29, 1.82) is 0 Å². The molecule has 0 bridgehead atoms. The van der Waals surface area contributed by atoms with Gasteiger partial charge in [-0.15, -0.1) is 0 Å². The van der Waals surface area contributed by atoms with Gasteiger partial charge in [0.15, 0.2) is 0 Å². The SMILES string of the molecule is Cc1cc(C(C)(C)C)c(C(O)CCO)c(C(C)(C)C)c1. The average Bonchev–Trinajstić information content (AvgIpc) is 2.25. The molecule has 0 amide bonds. The van der Waals surface area contributed by atoms with Crippen LogP contribution in [0, 0.1) is 6.92 Å². The predicted octanol–water partition coefficient (Wildman–Crippen LogP) is 4.01. The number of hydrogen-bond donors (Lipinski definition) is 2. The lowest BCUT2D eigenvalue weighted by molar-refractivity contribution is 0.131. The van der Waals surface area contributed by atoms with Gasteiger partial charge in [0.2, 0.25) is 0 Å². The third-order valence-electron chi connectivity index (χ3n) is 3.68. The molecule has 0 aliphatic rings. The maximum Gasteiger partial charge on any atom is 0.0817 e. The van der Waals surface area contributed by atoms with E-state index in [9.17, 15) is 10.2 Å². The molecule has 1 aromatic rings. The smallest absolute Gasteiger partial charge is 0.0817 e. The Kier molecular flexibility index (Phi) is 5.04. The van der Waals surface area contributed by atoms with Crippen molar-refractivity contribution in [2.75, 3.05) is 6.61 Å². The zero-order valence-corrected chi connectivity index (χ0v) is 14.0. The fraction of sp³-hybridized carbons (Fsp3) is 0.667. The molecule has 0 aromatic heterocycles. The molecule has 2 N–H and O–H groups in total. The van der Waals surface area contributed by atoms with Crippen molar-refractivity contribution in [3.8, 4) is 0 Å². The quantitative estimate of drug-likeness (QED) is 0.877. The first kappa shape index (κ1) is 17.2. The molecule has 1 rings (SSSR count). The minimum atomic E-state index is -0.607. The Morgan fingerprint density at radius 2 is 1.35 bits per heavy atom. The molecule has 0 fully saturated rings. The summed E-state index contributed by atoms with van der Waals surface area (Å²) in [5.74, 6) is 0. The van der Waals surface area contributed by atoms with Gasteiger partial charge in [-0.1, -0.05) is 59.2 Å². The molecular formula is C18H30O2. The minimum Gasteiger partial charge on any atom is -0.396 e. The second-order valence-corrected chi connectivity index (χ2v) is 7.80. The molecule has 0 spiro atoms. The topological polar surface area (TPSA) is 40.5 Å². The van der Waals surface area contributed by atoms with E-state index in [1.807, 2.05) is 0 Å². The van der Waals surface area contributed by atoms with Gasteiger partial charge >= 0.3 is 0 Å². The van der Waals surface area contributed by atoms with E-state index in [2.05, 4.69) is 60.6 Å². The van der Waals surface area contributed by atoms with Crippen molar-refractivity contribution in [2.24, 2.45) is 0 Å². The van der Waals surface area contributed by atoms with E-state index in [1.165, 1.54) is 16.7 Å². The summed E-state index contributed by atoms with van der Waals surface area (Å²) < 4.78 is 0. The maximum absolute atomic E-state index is 10.5. The number of benzene rings is 1. The fourth-order valence-electron chi connectivity index (χ4n) is 2.66. The van der Waals surface area contributed by atoms with Gasteiger partial charge in [-0.2, -0.15) is 0 Å². The monoisotopic (exact) mass is 278 g/mol. The summed E-state index contributed by atoms with van der Waals surface area (Å²) in [4.78, 5) is 0. The van der Waals surface area contributed by atoms with Gasteiger partial charge in [0, 0.05) is 13.0 Å². The van der Waals surface area contributed by atoms with Crippen molar-refractivity contribution in [3.63, 3.8) is 0 Å². The molecule has 0 radical (unpaired) electrons. The number of aliphatic hydroxyl groups is 2. The highest BCUT2D eigenvalue weighted by Crippen LogP contribution is 2.39. The molecule has 1 aromatic carbocycles. The Bertz CT molecular complexity index is 426. The summed E-state index contributed by atoms with van der Waals surface area (Å²) in [7, 11) is 0. The van der Waals surface area contributed by atoms with E-state index in [0.29, 0.717) is 6.42 Å². The Balaban J connectivity index is 3.63. The van der Waals surface area contributed by atoms with Crippen LogP contribution in [-0.4, -0.2) is 16.8 Å². The number of hydrogen-bond acceptors (Lipinski definition) is 2. The third-order valence-corrected chi connectivity index (χ3v) is 3.68. The Morgan fingerprint density at radius 1 is 0.950 bits per heavy atom. The zero-order valence-electron chi connectivity index (χ0n) is 14.0. The van der Waals surface area contributed by atoms with E-state index in [4.69, 9.17) is 0 Å². The van der Waals surface area contributed by atoms with Crippen LogP contribution in [0.1, 0.15) is 76.3 Å². The van der Waals surface area contributed by atoms with Crippen molar-refractivity contribution < 1.29 is 10.2 Å². The lowest BCUT2D eigenvalue weighted by atomic mass is 9.73. The molecule has 1 unspecified atom stereocenters. The molecule has 20 heavy (non-hydrogen) atoms. The Hall–Kier alpha value is -0.860. The molecule has 1 atom stereocenters. The lowest BCUT2D eigenvalue weighted by Crippen LogP contribution is -2.23. The highest BCUT2D eigenvalue weighted by molar-refractivity contribution is 5.46. The molecule has 0 aliphatic carbocycles. The zero-order chi connectivity index (χ0) is 15.7. The van der Waals surface area contributed by atoms with Gasteiger partial charge in [0.25, 0.3) is 0 Å². The standard InChI is InChI=1S/C18H30O2/c1-12-10-13(17(2,3)4)16(15(20)8-9-19)14(11-12)18(5,6)7/h10-11,15,19-20H,8-9H2,1-7H3. The van der Waals surface area contributed by atoms with E-state index >= 15 is 0 Å². The summed E-state index contributed by atoms with van der Waals surface area (Å²) in [6.07, 6.45) is -0.223. The van der Waals surface area contributed by atoms with Gasteiger partial charge in [-0.3, -0.25) is 0 Å². The Labute approximate surface area is 123 Å². The maximum atomic E-state index is 10.5. The first-order chi connectivity index (χ1) is 8.98. The number of rotatable bonds is 3. The third kappa shape index (κ3) is 3.83. The van der Waals surface area contributed by atoms with E-state index < -0.39 is 6.10 Å². The van der Waals surface area contributed by atoms with Crippen LogP contribution >= 0.6 is 0 Å². The fourth-order valence-corrected chi connectivity index (χ4v) is 2.66. The van der Waals surface area contributed by atoms with Crippen LogP contribution in [0.3, 0.4) is 0 Å². The average molecular weight is 278 g/mol. The number of aliphatic hydroxyl groups excluding tert-OH is 2. The van der Waals surface area contributed by atoms with E-state index in [1.54, 1.807) is 0 Å². The van der Waals surface area contributed by atoms with E-state index in [-0.39, 0.29) is 17.4 Å². The van der Waals surface area contributed by atoms with Crippen LogP contribution in [-0.2, 0) is 10.8 Å². The van der Waals surface area contributed by atoms with Gasteiger partial charge in [-0.05, 0) is 34.4 Å². The minimum absolute atomic E-state index is 0.00219. The van der Waals surface area contributed by atoms with Crippen LogP contribution in [0.25, 0.3) is 0 Å². The van der Waals surface area contributed by atoms with Crippen molar-refractivity contribution in [2.45, 2.75) is 71.8 Å². The molecule has 2 nitrogen and oxygen atoms in total. The molecule has 114 valence electrons. The summed E-state index contributed by atoms with van der Waals surface area (Å²) in [5.41, 5.74) is 4.53. The lowest BCUT2D eigenvalue weighted by Gasteiger charge is -2.33. The van der Waals surface area contributed by atoms with Crippen LogP contribution in [0.4, 0.5) is 0 Å². The molecule has 0 heterocycles. The van der Waals surface area contributed by atoms with Crippen molar-refractivity contribution in [1.82, 2.24) is 0 Å². The first-order valence-electron chi connectivity index (χ1n) is 7.43. The summed E-state index contributed by atoms with van der Waals surface area (Å²) >= 11 is 0. The molecule has 0 saturated heterocycles. The summed E-state index contributed by atoms with van der Waals surface area (Å²) in [6, 6.07) is 4.34. The van der Waals surface area contributed by atoms with Crippen LogP contribution in [0.2, 0.25) is 0 Å². The largest absolute Gasteiger partial charge is 0.396 e.